The molecule has 0 radical (unpaired) electrons. The van der Waals surface area contributed by atoms with E-state index in [4.69, 9.17) is 14.2 Å². The van der Waals surface area contributed by atoms with E-state index in [1.807, 2.05) is 26.0 Å². The van der Waals surface area contributed by atoms with Gasteiger partial charge >= 0.3 is 11.8 Å². The smallest absolute Gasteiger partial charge is 0.329 e. The summed E-state index contributed by atoms with van der Waals surface area (Å²) in [5.41, 5.74) is 4.46. The topological polar surface area (TPSA) is 127 Å². The highest BCUT2D eigenvalue weighted by molar-refractivity contribution is 9.10. The van der Waals surface area contributed by atoms with Crippen molar-refractivity contribution in [2.45, 2.75) is 32.8 Å². The molecule has 11 heteroatoms. The third kappa shape index (κ3) is 8.35. The number of amides is 3. The first kappa shape index (κ1) is 27.2. The zero-order valence-corrected chi connectivity index (χ0v) is 21.7. The molecule has 2 aromatic carbocycles. The lowest BCUT2D eigenvalue weighted by Crippen LogP contribution is -2.41. The van der Waals surface area contributed by atoms with Crippen molar-refractivity contribution in [2.24, 2.45) is 5.10 Å². The molecule has 1 aliphatic heterocycles. The van der Waals surface area contributed by atoms with Crippen LogP contribution in [0, 0.1) is 6.92 Å². The molecule has 0 bridgehead atoms. The summed E-state index contributed by atoms with van der Waals surface area (Å²) in [5, 5.41) is 9.14. The molecule has 0 aromatic heterocycles. The number of anilines is 1. The Labute approximate surface area is 217 Å². The molecule has 1 atom stereocenters. The molecule has 3 N–H and O–H groups in total. The summed E-state index contributed by atoms with van der Waals surface area (Å²) < 4.78 is 17.6. The fourth-order valence-electron chi connectivity index (χ4n) is 3.36. The minimum Gasteiger partial charge on any atom is -0.490 e. The molecule has 10 nitrogen and oxygen atoms in total. The zero-order valence-electron chi connectivity index (χ0n) is 20.1. The summed E-state index contributed by atoms with van der Waals surface area (Å²) in [6, 6.07) is 10.5. The van der Waals surface area contributed by atoms with E-state index >= 15 is 0 Å². The van der Waals surface area contributed by atoms with Crippen LogP contribution in [0.1, 0.15) is 30.9 Å². The number of rotatable bonds is 10. The summed E-state index contributed by atoms with van der Waals surface area (Å²) in [5.74, 6) is -1.17. The molecule has 192 valence electrons. The predicted octanol–water partition coefficient (Wildman–Crippen LogP) is 2.92. The van der Waals surface area contributed by atoms with Crippen molar-refractivity contribution in [3.05, 3.63) is 52.0 Å². The molecule has 0 saturated carbocycles. The van der Waals surface area contributed by atoms with Gasteiger partial charge in [0.05, 0.1) is 18.9 Å². The normalized spacial score (nSPS) is 14.9. The van der Waals surface area contributed by atoms with Crippen molar-refractivity contribution < 1.29 is 28.6 Å². The van der Waals surface area contributed by atoms with Gasteiger partial charge < -0.3 is 24.8 Å². The van der Waals surface area contributed by atoms with E-state index in [0.717, 1.165) is 22.9 Å². The van der Waals surface area contributed by atoms with Gasteiger partial charge in [0.15, 0.2) is 18.1 Å². The molecular weight excluding hydrogens is 532 g/mol. The Hall–Kier alpha value is -3.44. The number of nitrogens with zero attached hydrogens (tertiary/aromatic N) is 1. The number of aryl methyl sites for hydroxylation is 1. The number of halogens is 1. The number of carbonyl (C=O) groups excluding carboxylic acids is 3. The molecule has 0 unspecified atom stereocenters. The minimum absolute atomic E-state index is 0.0565. The Balaban J connectivity index is 1.51. The Kier molecular flexibility index (Phi) is 10.3. The van der Waals surface area contributed by atoms with E-state index in [-0.39, 0.29) is 25.2 Å². The number of hydrazone groups is 1. The van der Waals surface area contributed by atoms with Crippen molar-refractivity contribution in [1.82, 2.24) is 10.7 Å². The first-order chi connectivity index (χ1) is 17.4. The van der Waals surface area contributed by atoms with Crippen molar-refractivity contribution >= 4 is 45.6 Å². The van der Waals surface area contributed by atoms with E-state index in [1.165, 1.54) is 6.21 Å². The van der Waals surface area contributed by atoms with E-state index in [0.29, 0.717) is 36.0 Å². The summed E-state index contributed by atoms with van der Waals surface area (Å²) in [4.78, 5) is 36.1. The maximum absolute atomic E-state index is 12.3. The largest absolute Gasteiger partial charge is 0.490 e. The Morgan fingerprint density at radius 1 is 1.14 bits per heavy atom. The van der Waals surface area contributed by atoms with Gasteiger partial charge in [-0.2, -0.15) is 5.10 Å². The van der Waals surface area contributed by atoms with E-state index in [1.54, 1.807) is 24.3 Å². The fourth-order valence-corrected chi connectivity index (χ4v) is 3.61. The molecule has 0 aliphatic carbocycles. The van der Waals surface area contributed by atoms with Crippen molar-refractivity contribution in [3.8, 4) is 11.5 Å². The first-order valence-electron chi connectivity index (χ1n) is 11.5. The second-order valence-electron chi connectivity index (χ2n) is 7.98. The van der Waals surface area contributed by atoms with Gasteiger partial charge in [-0.05, 0) is 74.2 Å². The maximum atomic E-state index is 12.3. The molecule has 36 heavy (non-hydrogen) atoms. The van der Waals surface area contributed by atoms with Gasteiger partial charge in [0, 0.05) is 23.3 Å². The van der Waals surface area contributed by atoms with Crippen LogP contribution >= 0.6 is 15.9 Å². The monoisotopic (exact) mass is 560 g/mol. The molecule has 1 saturated heterocycles. The van der Waals surface area contributed by atoms with E-state index in [9.17, 15) is 14.4 Å². The van der Waals surface area contributed by atoms with Crippen molar-refractivity contribution in [2.75, 3.05) is 31.7 Å². The highest BCUT2D eigenvalue weighted by Gasteiger charge is 2.19. The van der Waals surface area contributed by atoms with Gasteiger partial charge in [-0.25, -0.2) is 5.43 Å². The Morgan fingerprint density at radius 3 is 2.69 bits per heavy atom. The summed E-state index contributed by atoms with van der Waals surface area (Å²) in [6.45, 7) is 4.88. The van der Waals surface area contributed by atoms with Crippen LogP contribution in [0.4, 0.5) is 5.69 Å². The summed E-state index contributed by atoms with van der Waals surface area (Å²) >= 11 is 3.43. The second kappa shape index (κ2) is 13.6. The van der Waals surface area contributed by atoms with Crippen LogP contribution in [-0.4, -0.2) is 56.4 Å². The summed E-state index contributed by atoms with van der Waals surface area (Å²) in [7, 11) is 0. The maximum Gasteiger partial charge on any atom is 0.329 e. The lowest BCUT2D eigenvalue weighted by Gasteiger charge is -2.13. The molecule has 2 aromatic rings. The number of ether oxygens (including phenoxy) is 3. The summed E-state index contributed by atoms with van der Waals surface area (Å²) in [6.07, 6.45) is 3.13. The SMILES string of the molecule is CCOc1cc(/C=N\NC(=O)C(=O)NC[C@@H]2CCCO2)ccc1OCC(=O)Nc1ccc(Br)c(C)c1. The van der Waals surface area contributed by atoms with E-state index in [2.05, 4.69) is 37.1 Å². The molecular formula is C25H29BrN4O6. The molecule has 1 aliphatic rings. The average molecular weight is 561 g/mol. The lowest BCUT2D eigenvalue weighted by atomic mass is 10.2. The third-order valence-corrected chi connectivity index (χ3v) is 6.06. The van der Waals surface area contributed by atoms with Gasteiger partial charge in [0.25, 0.3) is 5.91 Å². The highest BCUT2D eigenvalue weighted by atomic mass is 79.9. The zero-order chi connectivity index (χ0) is 25.9. The van der Waals surface area contributed by atoms with Crippen LogP contribution < -0.4 is 25.5 Å². The number of nitrogens with one attached hydrogen (secondary N) is 3. The van der Waals surface area contributed by atoms with Gasteiger partial charge in [-0.15, -0.1) is 0 Å². The second-order valence-corrected chi connectivity index (χ2v) is 8.84. The number of benzene rings is 2. The van der Waals surface area contributed by atoms with Crippen LogP contribution in [0.5, 0.6) is 11.5 Å². The number of hydrogen-bond donors (Lipinski definition) is 3. The molecule has 3 rings (SSSR count). The van der Waals surface area contributed by atoms with Crippen molar-refractivity contribution in [1.29, 1.82) is 0 Å². The molecule has 1 fully saturated rings. The number of hydrogen-bond acceptors (Lipinski definition) is 7. The standard InChI is InChI=1S/C25H29BrN4O6/c1-3-34-22-12-17(13-28-30-25(33)24(32)27-14-19-5-4-10-35-19)6-9-21(22)36-15-23(31)29-18-7-8-20(26)16(2)11-18/h6-9,11-13,19H,3-5,10,14-15H2,1-2H3,(H,27,32)(H,29,31)(H,30,33)/b28-13-/t19-/m0/s1. The first-order valence-corrected chi connectivity index (χ1v) is 12.3. The van der Waals surface area contributed by atoms with E-state index < -0.39 is 11.8 Å². The Morgan fingerprint density at radius 2 is 1.97 bits per heavy atom. The molecule has 0 spiro atoms. The van der Waals surface area contributed by atoms with Crippen LogP contribution in [0.15, 0.2) is 46.0 Å². The quantitative estimate of drug-likeness (QED) is 0.233. The van der Waals surface area contributed by atoms with Gasteiger partial charge in [-0.3, -0.25) is 14.4 Å². The average Bonchev–Trinajstić information content (AvgIpc) is 3.38. The lowest BCUT2D eigenvalue weighted by molar-refractivity contribution is -0.139. The Bertz CT molecular complexity index is 1120. The number of carbonyl (C=O) groups is 3. The highest BCUT2D eigenvalue weighted by Crippen LogP contribution is 2.28. The van der Waals surface area contributed by atoms with Gasteiger partial charge in [0.2, 0.25) is 0 Å². The van der Waals surface area contributed by atoms with Gasteiger partial charge in [0.1, 0.15) is 0 Å². The molecule has 1 heterocycles. The van der Waals surface area contributed by atoms with Crippen molar-refractivity contribution in [3.63, 3.8) is 0 Å². The van der Waals surface area contributed by atoms with Crippen LogP contribution in [0.3, 0.4) is 0 Å². The fraction of sp³-hybridized carbons (Fsp3) is 0.360. The third-order valence-electron chi connectivity index (χ3n) is 5.17. The van der Waals surface area contributed by atoms with Crippen LogP contribution in [-0.2, 0) is 19.1 Å². The molecule has 3 amide bonds. The predicted molar refractivity (Wildman–Crippen MR) is 138 cm³/mol. The van der Waals surface area contributed by atoms with Crippen LogP contribution in [0.2, 0.25) is 0 Å². The van der Waals surface area contributed by atoms with Crippen LogP contribution in [0.25, 0.3) is 0 Å². The minimum atomic E-state index is -0.874. The van der Waals surface area contributed by atoms with Gasteiger partial charge in [-0.1, -0.05) is 15.9 Å².